The van der Waals surface area contributed by atoms with Crippen molar-refractivity contribution in [1.29, 1.82) is 0 Å². The molecular weight excluding hydrogens is 216 g/mol. The lowest BCUT2D eigenvalue weighted by Crippen LogP contribution is -2.45. The van der Waals surface area contributed by atoms with Gasteiger partial charge in [-0.1, -0.05) is 36.4 Å². The van der Waals surface area contributed by atoms with Gasteiger partial charge in [0, 0.05) is 5.56 Å². The maximum atomic E-state index is 11.1. The molecule has 15 heavy (non-hydrogen) atoms. The van der Waals surface area contributed by atoms with Crippen LogP contribution < -0.4 is 0 Å². The van der Waals surface area contributed by atoms with Crippen LogP contribution in [0, 0.1) is 0 Å². The zero-order valence-corrected chi connectivity index (χ0v) is 8.48. The summed E-state index contributed by atoms with van der Waals surface area (Å²) in [7, 11) is 0. The van der Waals surface area contributed by atoms with E-state index in [0.717, 1.165) is 0 Å². The second-order valence-corrected chi connectivity index (χ2v) is 3.89. The third kappa shape index (κ3) is 1.35. The highest BCUT2D eigenvalue weighted by Crippen LogP contribution is 2.36. The third-order valence-corrected chi connectivity index (χ3v) is 3.00. The fourth-order valence-corrected chi connectivity index (χ4v) is 1.98. The van der Waals surface area contributed by atoms with Crippen molar-refractivity contribution < 1.29 is 15.0 Å². The topological polar surface area (TPSA) is 57.5 Å². The van der Waals surface area contributed by atoms with Crippen molar-refractivity contribution in [3.63, 3.8) is 0 Å². The molecule has 3 nitrogen and oxygen atoms in total. The van der Waals surface area contributed by atoms with Crippen molar-refractivity contribution in [1.82, 2.24) is 0 Å². The maximum absolute atomic E-state index is 11.1. The molecule has 78 valence electrons. The summed E-state index contributed by atoms with van der Waals surface area (Å²) in [6.45, 7) is 0. The van der Waals surface area contributed by atoms with Crippen molar-refractivity contribution in [2.75, 3.05) is 0 Å². The van der Waals surface area contributed by atoms with E-state index in [1.165, 1.54) is 6.08 Å². The number of hydrogen-bond donors (Lipinski definition) is 2. The van der Waals surface area contributed by atoms with Crippen LogP contribution in [0.4, 0.5) is 0 Å². The minimum atomic E-state index is -2.03. The van der Waals surface area contributed by atoms with Gasteiger partial charge in [0.15, 0.2) is 0 Å². The van der Waals surface area contributed by atoms with Gasteiger partial charge in [0.1, 0.15) is 0 Å². The van der Waals surface area contributed by atoms with Crippen molar-refractivity contribution in [3.05, 3.63) is 41.5 Å². The molecule has 0 aliphatic heterocycles. The van der Waals surface area contributed by atoms with E-state index >= 15 is 0 Å². The summed E-state index contributed by atoms with van der Waals surface area (Å²) in [5, 5.41) is 18.2. The molecule has 0 amide bonds. The first kappa shape index (κ1) is 10.2. The Morgan fingerprint density at radius 2 is 2.07 bits per heavy atom. The summed E-state index contributed by atoms with van der Waals surface area (Å²) < 4.78 is 0. The number of rotatable bonds is 1. The predicted molar refractivity (Wildman–Crippen MR) is 56.6 cm³/mol. The molecule has 0 bridgehead atoms. The highest BCUT2D eigenvalue weighted by atomic mass is 35.5. The SMILES string of the molecule is O=C(O)C1(O)c2ccccc2C=CC1Cl. The van der Waals surface area contributed by atoms with Gasteiger partial charge in [-0.05, 0) is 5.56 Å². The number of aliphatic carboxylic acids is 1. The Morgan fingerprint density at radius 1 is 1.40 bits per heavy atom. The summed E-state index contributed by atoms with van der Waals surface area (Å²) in [4.78, 5) is 11.1. The molecule has 1 aliphatic carbocycles. The number of halogens is 1. The van der Waals surface area contributed by atoms with Crippen LogP contribution in [0.15, 0.2) is 30.3 Å². The van der Waals surface area contributed by atoms with E-state index in [4.69, 9.17) is 16.7 Å². The lowest BCUT2D eigenvalue weighted by molar-refractivity contribution is -0.159. The number of alkyl halides is 1. The molecule has 1 aromatic carbocycles. The number of carboxylic acid groups (broad SMARTS) is 1. The zero-order valence-electron chi connectivity index (χ0n) is 7.72. The summed E-state index contributed by atoms with van der Waals surface area (Å²) in [6, 6.07) is 6.76. The van der Waals surface area contributed by atoms with Gasteiger partial charge >= 0.3 is 5.97 Å². The molecule has 4 heteroatoms. The van der Waals surface area contributed by atoms with Crippen LogP contribution >= 0.6 is 11.6 Å². The van der Waals surface area contributed by atoms with Crippen LogP contribution in [0.2, 0.25) is 0 Å². The lowest BCUT2D eigenvalue weighted by Gasteiger charge is -2.31. The molecule has 1 aliphatic rings. The Bertz CT molecular complexity index is 441. The zero-order chi connectivity index (χ0) is 11.1. The Hall–Kier alpha value is -1.32. The highest BCUT2D eigenvalue weighted by Gasteiger charge is 2.46. The molecule has 0 saturated heterocycles. The normalized spacial score (nSPS) is 28.5. The minimum absolute atomic E-state index is 0.333. The summed E-state index contributed by atoms with van der Waals surface area (Å²) in [5.41, 5.74) is -1.02. The largest absolute Gasteiger partial charge is 0.479 e. The fraction of sp³-hybridized carbons (Fsp3) is 0.182. The number of fused-ring (bicyclic) bond motifs is 1. The van der Waals surface area contributed by atoms with Gasteiger partial charge in [-0.15, -0.1) is 11.6 Å². The molecule has 0 heterocycles. The van der Waals surface area contributed by atoms with E-state index < -0.39 is 16.9 Å². The lowest BCUT2D eigenvalue weighted by atomic mass is 9.83. The first-order valence-corrected chi connectivity index (χ1v) is 4.88. The van der Waals surface area contributed by atoms with Crippen molar-refractivity contribution in [2.45, 2.75) is 11.0 Å². The molecule has 2 unspecified atom stereocenters. The van der Waals surface area contributed by atoms with Crippen molar-refractivity contribution >= 4 is 23.6 Å². The standard InChI is InChI=1S/C11H9ClO3/c12-9-6-5-7-3-1-2-4-8(7)11(9,15)10(13)14/h1-6,9,15H,(H,13,14). The summed E-state index contributed by atoms with van der Waals surface area (Å²) in [6.07, 6.45) is 3.20. The fourth-order valence-electron chi connectivity index (χ4n) is 1.70. The van der Waals surface area contributed by atoms with Gasteiger partial charge in [0.05, 0.1) is 5.38 Å². The predicted octanol–water partition coefficient (Wildman–Crippen LogP) is 1.59. The van der Waals surface area contributed by atoms with E-state index in [0.29, 0.717) is 11.1 Å². The average molecular weight is 225 g/mol. The smallest absolute Gasteiger partial charge is 0.342 e. The van der Waals surface area contributed by atoms with Gasteiger partial charge in [-0.25, -0.2) is 4.79 Å². The van der Waals surface area contributed by atoms with Gasteiger partial charge in [0.25, 0.3) is 0 Å². The van der Waals surface area contributed by atoms with Crippen molar-refractivity contribution in [2.24, 2.45) is 0 Å². The number of hydrogen-bond acceptors (Lipinski definition) is 2. The molecular formula is C11H9ClO3. The molecule has 2 atom stereocenters. The number of benzene rings is 1. The Balaban J connectivity index is 2.66. The summed E-state index contributed by atoms with van der Waals surface area (Å²) in [5.74, 6) is -1.33. The summed E-state index contributed by atoms with van der Waals surface area (Å²) >= 11 is 5.83. The Kier molecular flexibility index (Phi) is 2.29. The second kappa shape index (κ2) is 3.36. The van der Waals surface area contributed by atoms with E-state index in [9.17, 15) is 9.90 Å². The first-order chi connectivity index (χ1) is 7.06. The van der Waals surface area contributed by atoms with Gasteiger partial charge in [-0.3, -0.25) is 0 Å². The number of carboxylic acids is 1. The molecule has 1 aromatic rings. The molecule has 0 fully saturated rings. The van der Waals surface area contributed by atoms with Crippen LogP contribution in [0.5, 0.6) is 0 Å². The number of carbonyl (C=O) groups is 1. The van der Waals surface area contributed by atoms with E-state index in [-0.39, 0.29) is 0 Å². The molecule has 2 rings (SSSR count). The molecule has 0 radical (unpaired) electrons. The van der Waals surface area contributed by atoms with Gasteiger partial charge in [-0.2, -0.15) is 0 Å². The van der Waals surface area contributed by atoms with E-state index in [1.807, 2.05) is 0 Å². The van der Waals surface area contributed by atoms with Crippen LogP contribution in [0.1, 0.15) is 11.1 Å². The van der Waals surface area contributed by atoms with Crippen LogP contribution in [-0.2, 0) is 10.4 Å². The highest BCUT2D eigenvalue weighted by molar-refractivity contribution is 6.25. The minimum Gasteiger partial charge on any atom is -0.479 e. The first-order valence-electron chi connectivity index (χ1n) is 4.44. The molecule has 0 aromatic heterocycles. The second-order valence-electron chi connectivity index (χ2n) is 3.42. The molecule has 0 spiro atoms. The Labute approximate surface area is 91.6 Å². The van der Waals surface area contributed by atoms with Crippen LogP contribution in [0.25, 0.3) is 6.08 Å². The molecule has 2 N–H and O–H groups in total. The molecule has 0 saturated carbocycles. The maximum Gasteiger partial charge on any atom is 0.342 e. The quantitative estimate of drug-likeness (QED) is 0.713. The van der Waals surface area contributed by atoms with Crippen LogP contribution in [-0.4, -0.2) is 21.6 Å². The van der Waals surface area contributed by atoms with Gasteiger partial charge in [0.2, 0.25) is 5.60 Å². The van der Waals surface area contributed by atoms with E-state index in [1.54, 1.807) is 30.3 Å². The average Bonchev–Trinajstić information content (AvgIpc) is 2.23. The number of aliphatic hydroxyl groups is 1. The van der Waals surface area contributed by atoms with Crippen molar-refractivity contribution in [3.8, 4) is 0 Å². The van der Waals surface area contributed by atoms with Crippen LogP contribution in [0.3, 0.4) is 0 Å². The Morgan fingerprint density at radius 3 is 2.73 bits per heavy atom. The van der Waals surface area contributed by atoms with E-state index in [2.05, 4.69) is 0 Å². The monoisotopic (exact) mass is 224 g/mol. The third-order valence-electron chi connectivity index (χ3n) is 2.54. The van der Waals surface area contributed by atoms with Gasteiger partial charge < -0.3 is 10.2 Å².